The van der Waals surface area contributed by atoms with Gasteiger partial charge in [0.05, 0.1) is 37.5 Å². The molecule has 0 saturated carbocycles. The first-order valence-corrected chi connectivity index (χ1v) is 21.1. The molecule has 1 aromatic carbocycles. The normalized spacial score (nSPS) is 18.2. The average Bonchev–Trinajstić information content (AvgIpc) is 3.78. The van der Waals surface area contributed by atoms with Gasteiger partial charge in [0.2, 0.25) is 47.3 Å². The Morgan fingerprint density at radius 1 is 0.790 bits per heavy atom. The predicted molar refractivity (Wildman–Crippen MR) is 220 cm³/mol. The van der Waals surface area contributed by atoms with Crippen LogP contribution in [0.4, 0.5) is 4.79 Å². The highest BCUT2D eigenvalue weighted by Gasteiger charge is 2.42. The number of nitrogens with one attached hydrogen (secondary N) is 9. The summed E-state index contributed by atoms with van der Waals surface area (Å²) in [6, 6.07) is 1.97. The molecule has 14 N–H and O–H groups in total. The van der Waals surface area contributed by atoms with E-state index in [0.29, 0.717) is 43.0 Å². The Kier molecular flexibility index (Phi) is 20.7. The zero-order valence-corrected chi connectivity index (χ0v) is 35.0. The number of aliphatic carboxylic acids is 1. The maximum Gasteiger partial charge on any atom is 0.315 e. The molecule has 24 heteroatoms. The molecule has 23 nitrogen and oxygen atoms in total. The van der Waals surface area contributed by atoms with Gasteiger partial charge in [-0.2, -0.15) is 11.8 Å². The number of phenolic OH excluding ortho intramolecular Hbond substituents is 1. The fourth-order valence-electron chi connectivity index (χ4n) is 6.64. The number of unbranched alkanes of at least 4 members (excludes halogenated alkanes) is 2. The number of thioether (sulfide) groups is 1. The van der Waals surface area contributed by atoms with Gasteiger partial charge in [0, 0.05) is 36.8 Å². The minimum absolute atomic E-state index is 0.0811. The molecule has 2 heterocycles. The van der Waals surface area contributed by atoms with Crippen LogP contribution in [0.5, 0.6) is 5.75 Å². The lowest BCUT2D eigenvalue weighted by atomic mass is 9.98. The summed E-state index contributed by atoms with van der Waals surface area (Å²) in [6.45, 7) is 0.460. The molecule has 2 aliphatic heterocycles. The second-order valence-corrected chi connectivity index (χ2v) is 16.2. The molecule has 10 amide bonds. The van der Waals surface area contributed by atoms with Crippen LogP contribution in [-0.2, 0) is 49.6 Å². The van der Waals surface area contributed by atoms with E-state index >= 15 is 0 Å². The number of benzene rings is 1. The summed E-state index contributed by atoms with van der Waals surface area (Å²) in [5.41, 5.74) is 7.21. The summed E-state index contributed by atoms with van der Waals surface area (Å²) in [7, 11) is 0. The van der Waals surface area contributed by atoms with Crippen LogP contribution in [0.3, 0.4) is 0 Å². The summed E-state index contributed by atoms with van der Waals surface area (Å²) in [6.07, 6.45) is 2.25. The molecule has 0 radical (unpaired) electrons. The Labute approximate surface area is 360 Å². The van der Waals surface area contributed by atoms with Crippen LogP contribution in [0, 0.1) is 5.92 Å². The molecule has 342 valence electrons. The first-order valence-electron chi connectivity index (χ1n) is 20.1. The number of hydrogen-bond acceptors (Lipinski definition) is 13. The monoisotopic (exact) mass is 892 g/mol. The van der Waals surface area contributed by atoms with Gasteiger partial charge in [-0.3, -0.25) is 48.4 Å². The molecule has 0 aliphatic carbocycles. The Morgan fingerprint density at radius 3 is 2.18 bits per heavy atom. The molecule has 0 bridgehead atoms. The molecule has 2 fully saturated rings. The highest BCUT2D eigenvalue weighted by Crippen LogP contribution is 2.33. The molecule has 3 rings (SSSR count). The lowest BCUT2D eigenvalue weighted by molar-refractivity contribution is -0.143. The summed E-state index contributed by atoms with van der Waals surface area (Å²) in [5, 5.41) is 48.5. The topological polar surface area (TPSA) is 366 Å². The van der Waals surface area contributed by atoms with Gasteiger partial charge >= 0.3 is 12.0 Å². The summed E-state index contributed by atoms with van der Waals surface area (Å²) in [5.74, 6) is -8.32. The van der Waals surface area contributed by atoms with Gasteiger partial charge in [-0.1, -0.05) is 18.6 Å². The second kappa shape index (κ2) is 25.6. The number of amides is 10. The highest BCUT2D eigenvalue weighted by molar-refractivity contribution is 8.00. The number of hydroxylamine groups is 1. The highest BCUT2D eigenvalue weighted by atomic mass is 32.2. The van der Waals surface area contributed by atoms with E-state index in [-0.39, 0.29) is 42.6 Å². The quantitative estimate of drug-likeness (QED) is 0.0183. The van der Waals surface area contributed by atoms with Crippen LogP contribution in [-0.4, -0.2) is 136 Å². The van der Waals surface area contributed by atoms with Crippen LogP contribution < -0.4 is 53.7 Å². The molecule has 2 aliphatic rings. The number of phenols is 1. The third kappa shape index (κ3) is 17.8. The standard InChI is InChI=1S/C38H56N10O13S/c1-20(43-37(59)25(14-21-9-11-23(49)12-10-21)45-36(58)22(16-32(54)55)15-29(51)48-61)35(57)42-17-30(52)41-18-31(53)44-24(34(39)56)6-4-5-13-40-28(50)8-3-2-7-27-33-26(19-62-27)46-38(60)47-33/h9-12,20,22,24-27,33,49,61H,2-8,13-19H2,1H3,(H2,39,56)(H,40,50)(H,41,52)(H,42,57)(H,43,59)(H,44,53)(H,45,58)(H,48,51)(H,54,55)(H2,46,47,60)/t20-,22?,24-,25-,26-,27-,33-/m0/s1. The SMILES string of the molecule is C[C@H](NC(=O)[C@H](Cc1ccc(O)cc1)NC(=O)C(CC(=O)O)CC(=O)NO)C(=O)NCC(=O)NCC(=O)N[C@@H](CCCCNC(=O)CCCC[C@@H]1SC[C@@H]2NC(=O)N[C@@H]21)C(N)=O. The van der Waals surface area contributed by atoms with Gasteiger partial charge in [-0.05, 0) is 56.7 Å². The van der Waals surface area contributed by atoms with Crippen molar-refractivity contribution < 1.29 is 63.4 Å². The van der Waals surface area contributed by atoms with Gasteiger partial charge < -0.3 is 58.5 Å². The smallest absolute Gasteiger partial charge is 0.315 e. The van der Waals surface area contributed by atoms with Crippen molar-refractivity contribution in [1.29, 1.82) is 0 Å². The molecule has 0 aromatic heterocycles. The Balaban J connectivity index is 1.35. The van der Waals surface area contributed by atoms with Gasteiger partial charge in [0.15, 0.2) is 0 Å². The number of urea groups is 1. The Bertz CT molecular complexity index is 1790. The summed E-state index contributed by atoms with van der Waals surface area (Å²) >= 11 is 1.82. The number of fused-ring (bicyclic) bond motifs is 1. The van der Waals surface area contributed by atoms with Crippen molar-refractivity contribution in [2.24, 2.45) is 11.7 Å². The molecule has 1 unspecified atom stereocenters. The first-order chi connectivity index (χ1) is 29.4. The Hall–Kier alpha value is -6.17. The largest absolute Gasteiger partial charge is 0.508 e. The molecular weight excluding hydrogens is 837 g/mol. The number of carbonyl (C=O) groups is 10. The van der Waals surface area contributed by atoms with Crippen molar-refractivity contribution in [2.75, 3.05) is 25.4 Å². The van der Waals surface area contributed by atoms with Crippen LogP contribution in [0.2, 0.25) is 0 Å². The van der Waals surface area contributed by atoms with Crippen LogP contribution in [0.1, 0.15) is 70.3 Å². The lowest BCUT2D eigenvalue weighted by Crippen LogP contribution is -2.55. The number of rotatable bonds is 27. The molecule has 0 spiro atoms. The van der Waals surface area contributed by atoms with E-state index in [9.17, 15) is 58.2 Å². The zero-order valence-electron chi connectivity index (χ0n) is 34.2. The van der Waals surface area contributed by atoms with Crippen molar-refractivity contribution >= 4 is 71.0 Å². The van der Waals surface area contributed by atoms with Crippen molar-refractivity contribution in [2.45, 2.75) is 107 Å². The predicted octanol–water partition coefficient (Wildman–Crippen LogP) is -2.87. The van der Waals surface area contributed by atoms with Crippen molar-refractivity contribution in [1.82, 2.24) is 48.0 Å². The number of aromatic hydroxyl groups is 1. The number of nitrogens with two attached hydrogens (primary N) is 1. The van der Waals surface area contributed by atoms with E-state index in [4.69, 9.17) is 10.9 Å². The summed E-state index contributed by atoms with van der Waals surface area (Å²) < 4.78 is 0. The van der Waals surface area contributed by atoms with Crippen molar-refractivity contribution in [3.05, 3.63) is 29.8 Å². The third-order valence-electron chi connectivity index (χ3n) is 9.98. The first kappa shape index (κ1) is 50.2. The molecule has 7 atom stereocenters. The van der Waals surface area contributed by atoms with Gasteiger partial charge in [0.1, 0.15) is 23.9 Å². The van der Waals surface area contributed by atoms with Crippen LogP contribution in [0.25, 0.3) is 0 Å². The van der Waals surface area contributed by atoms with Gasteiger partial charge in [0.25, 0.3) is 0 Å². The fourth-order valence-corrected chi connectivity index (χ4v) is 8.18. The summed E-state index contributed by atoms with van der Waals surface area (Å²) in [4.78, 5) is 123. The van der Waals surface area contributed by atoms with E-state index in [2.05, 4.69) is 42.5 Å². The molecule has 62 heavy (non-hydrogen) atoms. The lowest BCUT2D eigenvalue weighted by Gasteiger charge is -2.23. The van der Waals surface area contributed by atoms with Gasteiger partial charge in [-0.15, -0.1) is 0 Å². The van der Waals surface area contributed by atoms with Crippen LogP contribution >= 0.6 is 11.8 Å². The number of carboxylic acids is 1. The Morgan fingerprint density at radius 2 is 1.50 bits per heavy atom. The minimum atomic E-state index is -1.48. The van der Waals surface area contributed by atoms with E-state index in [1.807, 2.05) is 11.8 Å². The van der Waals surface area contributed by atoms with Crippen LogP contribution in [0.15, 0.2) is 24.3 Å². The fraction of sp³-hybridized carbons (Fsp3) is 0.579. The maximum absolute atomic E-state index is 13.3. The second-order valence-electron chi connectivity index (χ2n) is 14.9. The van der Waals surface area contributed by atoms with E-state index in [1.165, 1.54) is 36.7 Å². The average molecular weight is 893 g/mol. The van der Waals surface area contributed by atoms with Gasteiger partial charge in [-0.25, -0.2) is 10.3 Å². The zero-order chi connectivity index (χ0) is 45.8. The molecule has 2 saturated heterocycles. The maximum atomic E-state index is 13.3. The molecule has 1 aromatic rings. The number of hydrogen-bond donors (Lipinski definition) is 13. The number of carboxylic acid groups (broad SMARTS) is 1. The number of primary amides is 1. The van der Waals surface area contributed by atoms with Crippen molar-refractivity contribution in [3.63, 3.8) is 0 Å². The van der Waals surface area contributed by atoms with E-state index in [1.54, 1.807) is 0 Å². The van der Waals surface area contributed by atoms with E-state index < -0.39 is 97.3 Å². The number of carbonyl (C=O) groups excluding carboxylic acids is 9. The minimum Gasteiger partial charge on any atom is -0.508 e. The molecular formula is C38H56N10O13S. The van der Waals surface area contributed by atoms with Crippen molar-refractivity contribution in [3.8, 4) is 5.75 Å². The van der Waals surface area contributed by atoms with E-state index in [0.717, 1.165) is 18.6 Å². The third-order valence-corrected chi connectivity index (χ3v) is 11.5.